The van der Waals surface area contributed by atoms with Gasteiger partial charge in [-0.3, -0.25) is 9.20 Å². The van der Waals surface area contributed by atoms with E-state index in [0.29, 0.717) is 33.9 Å². The second kappa shape index (κ2) is 9.39. The van der Waals surface area contributed by atoms with Gasteiger partial charge in [-0.05, 0) is 74.0 Å². The van der Waals surface area contributed by atoms with Crippen LogP contribution in [-0.4, -0.2) is 26.3 Å². The average Bonchev–Trinajstić information content (AvgIpc) is 3.28. The molecule has 3 aromatic heterocycles. The average molecular weight is 478 g/mol. The fourth-order valence-electron chi connectivity index (χ4n) is 4.12. The molecule has 3 heterocycles. The molecular formula is C28H23N5O3. The summed E-state index contributed by atoms with van der Waals surface area (Å²) < 4.78 is 14.5. The molecule has 0 saturated carbocycles. The first kappa shape index (κ1) is 22.9. The molecule has 0 radical (unpaired) electrons. The summed E-state index contributed by atoms with van der Waals surface area (Å²) >= 11 is 0. The quantitative estimate of drug-likeness (QED) is 0.354. The Hall–Kier alpha value is -4.90. The van der Waals surface area contributed by atoms with E-state index in [1.807, 2.05) is 49.4 Å². The number of aryl methyl sites for hydroxylation is 2. The molecule has 8 nitrogen and oxygen atoms in total. The predicted octanol–water partition coefficient (Wildman–Crippen LogP) is 4.62. The van der Waals surface area contributed by atoms with E-state index in [9.17, 15) is 4.79 Å². The van der Waals surface area contributed by atoms with E-state index in [2.05, 4.69) is 6.07 Å². The largest absolute Gasteiger partial charge is 0.497 e. The number of methoxy groups -OCH3 is 1. The van der Waals surface area contributed by atoms with Crippen LogP contribution in [0.15, 0.2) is 77.7 Å². The van der Waals surface area contributed by atoms with E-state index in [1.165, 1.54) is 4.40 Å². The lowest BCUT2D eigenvalue weighted by Gasteiger charge is -2.12. The summed E-state index contributed by atoms with van der Waals surface area (Å²) in [6, 6.07) is 22.3. The van der Waals surface area contributed by atoms with Crippen molar-refractivity contribution in [3.63, 3.8) is 0 Å². The maximum absolute atomic E-state index is 13.6. The van der Waals surface area contributed by atoms with Gasteiger partial charge in [-0.1, -0.05) is 12.1 Å². The summed E-state index contributed by atoms with van der Waals surface area (Å²) in [7, 11) is 1.62. The molecule has 178 valence electrons. The zero-order chi connectivity index (χ0) is 25.2. The molecule has 0 fully saturated rings. The fraction of sp³-hybridized carbons (Fsp3) is 0.143. The Kier molecular flexibility index (Phi) is 5.97. The van der Waals surface area contributed by atoms with E-state index in [-0.39, 0.29) is 12.2 Å². The Labute approximate surface area is 207 Å². The van der Waals surface area contributed by atoms with Crippen molar-refractivity contribution >= 4 is 5.65 Å². The van der Waals surface area contributed by atoms with Gasteiger partial charge < -0.3 is 9.47 Å². The van der Waals surface area contributed by atoms with Crippen molar-refractivity contribution in [1.29, 1.82) is 5.26 Å². The van der Waals surface area contributed by atoms with E-state index < -0.39 is 0 Å². The first-order valence-electron chi connectivity index (χ1n) is 11.3. The second-order valence-electron chi connectivity index (χ2n) is 8.33. The van der Waals surface area contributed by atoms with Crippen LogP contribution in [0.5, 0.6) is 11.5 Å². The Bertz CT molecular complexity index is 1680. The van der Waals surface area contributed by atoms with Crippen molar-refractivity contribution in [3.05, 3.63) is 106 Å². The summed E-state index contributed by atoms with van der Waals surface area (Å²) in [4.78, 5) is 18.3. The molecule has 5 rings (SSSR count). The standard InChI is InChI=1S/C28H23N5O3/c1-18-14-24(31-33(18)22-9-11-23(35-3)12-10-22)26-19(2)30-27-25(8-5-13-32(27)28(26)34)36-17-21-7-4-6-20(15-21)16-29/h4-15H,17H2,1-3H3. The van der Waals surface area contributed by atoms with Crippen molar-refractivity contribution in [3.8, 4) is 34.5 Å². The number of pyridine rings is 1. The van der Waals surface area contributed by atoms with Gasteiger partial charge in [-0.25, -0.2) is 9.67 Å². The zero-order valence-corrected chi connectivity index (χ0v) is 20.1. The van der Waals surface area contributed by atoms with Crippen LogP contribution in [0.3, 0.4) is 0 Å². The molecule has 2 aromatic carbocycles. The molecule has 5 aromatic rings. The number of fused-ring (bicyclic) bond motifs is 1. The molecular weight excluding hydrogens is 454 g/mol. The Morgan fingerprint density at radius 3 is 2.58 bits per heavy atom. The summed E-state index contributed by atoms with van der Waals surface area (Å²) in [5, 5.41) is 13.8. The topological polar surface area (TPSA) is 94.4 Å². The smallest absolute Gasteiger partial charge is 0.267 e. The Morgan fingerprint density at radius 2 is 1.83 bits per heavy atom. The minimum absolute atomic E-state index is 0.228. The van der Waals surface area contributed by atoms with Crippen molar-refractivity contribution in [2.75, 3.05) is 7.11 Å². The summed E-state index contributed by atoms with van der Waals surface area (Å²) in [6.07, 6.45) is 1.67. The van der Waals surface area contributed by atoms with Crippen molar-refractivity contribution in [2.24, 2.45) is 0 Å². The molecule has 8 heteroatoms. The lowest BCUT2D eigenvalue weighted by atomic mass is 10.1. The molecule has 0 atom stereocenters. The summed E-state index contributed by atoms with van der Waals surface area (Å²) in [5.74, 6) is 1.24. The van der Waals surface area contributed by atoms with Crippen LogP contribution < -0.4 is 15.0 Å². The van der Waals surface area contributed by atoms with E-state index in [4.69, 9.17) is 24.8 Å². The summed E-state index contributed by atoms with van der Waals surface area (Å²) in [5.41, 5.74) is 4.90. The van der Waals surface area contributed by atoms with Gasteiger partial charge in [0, 0.05) is 11.9 Å². The molecule has 0 aliphatic carbocycles. The molecule has 0 unspecified atom stereocenters. The second-order valence-corrected chi connectivity index (χ2v) is 8.33. The Morgan fingerprint density at radius 1 is 1.03 bits per heavy atom. The highest BCUT2D eigenvalue weighted by Gasteiger charge is 2.18. The lowest BCUT2D eigenvalue weighted by Crippen LogP contribution is -2.19. The first-order chi connectivity index (χ1) is 17.5. The maximum Gasteiger partial charge on any atom is 0.267 e. The monoisotopic (exact) mass is 477 g/mol. The number of aromatic nitrogens is 4. The molecule has 0 amide bonds. The van der Waals surface area contributed by atoms with Crippen LogP contribution in [0.4, 0.5) is 0 Å². The van der Waals surface area contributed by atoms with Crippen LogP contribution in [-0.2, 0) is 6.61 Å². The number of benzene rings is 2. The number of rotatable bonds is 6. The predicted molar refractivity (Wildman–Crippen MR) is 136 cm³/mol. The van der Waals surface area contributed by atoms with Crippen LogP contribution in [0, 0.1) is 25.2 Å². The van der Waals surface area contributed by atoms with Crippen LogP contribution in [0.25, 0.3) is 22.6 Å². The number of hydrogen-bond donors (Lipinski definition) is 0. The van der Waals surface area contributed by atoms with Crippen LogP contribution in [0.1, 0.15) is 22.5 Å². The summed E-state index contributed by atoms with van der Waals surface area (Å²) in [6.45, 7) is 3.98. The zero-order valence-electron chi connectivity index (χ0n) is 20.1. The Balaban J connectivity index is 1.52. The fourth-order valence-corrected chi connectivity index (χ4v) is 4.12. The number of nitrogens with zero attached hydrogens (tertiary/aromatic N) is 5. The molecule has 0 aliphatic heterocycles. The molecule has 0 spiro atoms. The van der Waals surface area contributed by atoms with Gasteiger partial charge in [0.2, 0.25) is 0 Å². The van der Waals surface area contributed by atoms with E-state index >= 15 is 0 Å². The van der Waals surface area contributed by atoms with Crippen molar-refractivity contribution in [2.45, 2.75) is 20.5 Å². The van der Waals surface area contributed by atoms with Gasteiger partial charge in [0.25, 0.3) is 5.56 Å². The van der Waals surface area contributed by atoms with Gasteiger partial charge in [-0.15, -0.1) is 0 Å². The number of nitriles is 1. The molecule has 0 aliphatic rings. The number of hydrogen-bond acceptors (Lipinski definition) is 6. The van der Waals surface area contributed by atoms with Gasteiger partial charge in [0.05, 0.1) is 35.7 Å². The normalized spacial score (nSPS) is 10.8. The molecule has 36 heavy (non-hydrogen) atoms. The first-order valence-corrected chi connectivity index (χ1v) is 11.3. The lowest BCUT2D eigenvalue weighted by molar-refractivity contribution is 0.308. The van der Waals surface area contributed by atoms with Gasteiger partial charge in [-0.2, -0.15) is 10.4 Å². The highest BCUT2D eigenvalue weighted by atomic mass is 16.5. The third-order valence-corrected chi connectivity index (χ3v) is 5.91. The van der Waals surface area contributed by atoms with Gasteiger partial charge in [0.15, 0.2) is 11.4 Å². The third kappa shape index (κ3) is 4.18. The SMILES string of the molecule is COc1ccc(-n2nc(-c3c(C)nc4c(OCc5cccc(C#N)c5)cccn4c3=O)cc2C)cc1. The molecule has 0 saturated heterocycles. The van der Waals surface area contributed by atoms with Crippen molar-refractivity contribution < 1.29 is 9.47 Å². The van der Waals surface area contributed by atoms with E-state index in [0.717, 1.165) is 22.7 Å². The van der Waals surface area contributed by atoms with Crippen LogP contribution in [0.2, 0.25) is 0 Å². The van der Waals surface area contributed by atoms with Crippen LogP contribution >= 0.6 is 0 Å². The minimum atomic E-state index is -0.228. The van der Waals surface area contributed by atoms with Gasteiger partial charge >= 0.3 is 0 Å². The maximum atomic E-state index is 13.6. The molecule has 0 N–H and O–H groups in total. The van der Waals surface area contributed by atoms with Crippen molar-refractivity contribution in [1.82, 2.24) is 19.2 Å². The third-order valence-electron chi connectivity index (χ3n) is 5.91. The van der Waals surface area contributed by atoms with E-state index in [1.54, 1.807) is 49.2 Å². The highest BCUT2D eigenvalue weighted by Crippen LogP contribution is 2.25. The van der Waals surface area contributed by atoms with Gasteiger partial charge in [0.1, 0.15) is 18.1 Å². The highest BCUT2D eigenvalue weighted by molar-refractivity contribution is 5.65. The number of ether oxygens (including phenoxy) is 2. The minimum Gasteiger partial charge on any atom is -0.497 e. The molecule has 0 bridgehead atoms.